The molecule has 2 amide bonds. The lowest BCUT2D eigenvalue weighted by molar-refractivity contribution is -0.127. The molecule has 0 spiro atoms. The van der Waals surface area contributed by atoms with Crippen molar-refractivity contribution in [1.29, 1.82) is 0 Å². The quantitative estimate of drug-likeness (QED) is 0.626. The molecule has 0 saturated heterocycles. The van der Waals surface area contributed by atoms with Crippen LogP contribution < -0.4 is 16.4 Å². The van der Waals surface area contributed by atoms with E-state index in [1.165, 1.54) is 25.7 Å². The van der Waals surface area contributed by atoms with Gasteiger partial charge in [-0.15, -0.1) is 12.4 Å². The van der Waals surface area contributed by atoms with Crippen LogP contribution in [-0.4, -0.2) is 37.4 Å². The molecule has 1 aliphatic carbocycles. The van der Waals surface area contributed by atoms with Crippen molar-refractivity contribution in [3.05, 3.63) is 0 Å². The highest BCUT2D eigenvalue weighted by Gasteiger charge is 2.27. The molecule has 0 aromatic heterocycles. The molecule has 21 heavy (non-hydrogen) atoms. The maximum absolute atomic E-state index is 12.8. The predicted octanol–water partition coefficient (Wildman–Crippen LogP) is 1.20. The lowest BCUT2D eigenvalue weighted by atomic mass is 10.0. The van der Waals surface area contributed by atoms with E-state index in [9.17, 15) is 18.4 Å². The van der Waals surface area contributed by atoms with E-state index in [2.05, 4.69) is 5.32 Å². The molecule has 0 aliphatic heterocycles. The number of hydrogen-bond donors (Lipinski definition) is 3. The Balaban J connectivity index is 0.00000400. The normalized spacial score (nSPS) is 15.4. The van der Waals surface area contributed by atoms with Crippen LogP contribution >= 0.6 is 12.4 Å². The number of halogens is 3. The largest absolute Gasteiger partial charge is 0.348 e. The van der Waals surface area contributed by atoms with Crippen LogP contribution in [0.1, 0.15) is 38.5 Å². The Bertz CT molecular complexity index is 337. The van der Waals surface area contributed by atoms with Gasteiger partial charge in [-0.05, 0) is 12.3 Å². The molecular formula is C13H24ClF2N3O2. The molecular weight excluding hydrogens is 304 g/mol. The third-order valence-electron chi connectivity index (χ3n) is 3.54. The average Bonchev–Trinajstić information content (AvgIpc) is 2.94. The number of alkyl halides is 2. The topological polar surface area (TPSA) is 84.2 Å². The standard InChI is InChI=1S/C13H23F2N3O2.ClH/c14-13(15,8-16)9-18-12(20)7-17-11(19)6-5-10-3-1-2-4-10;/h10H,1-9,16H2,(H,17,19)(H,18,20);1H. The SMILES string of the molecule is Cl.NCC(F)(F)CNC(=O)CNC(=O)CCC1CCCC1. The first kappa shape index (κ1) is 20.1. The minimum Gasteiger partial charge on any atom is -0.348 e. The third-order valence-corrected chi connectivity index (χ3v) is 3.54. The Kier molecular flexibility index (Phi) is 9.44. The van der Waals surface area contributed by atoms with Gasteiger partial charge in [-0.1, -0.05) is 25.7 Å². The summed E-state index contributed by atoms with van der Waals surface area (Å²) in [5.74, 6) is -3.34. The van der Waals surface area contributed by atoms with Crippen LogP contribution in [0.4, 0.5) is 8.78 Å². The van der Waals surface area contributed by atoms with Crippen LogP contribution in [0.3, 0.4) is 0 Å². The fourth-order valence-corrected chi connectivity index (χ4v) is 2.26. The van der Waals surface area contributed by atoms with Crippen LogP contribution in [0.5, 0.6) is 0 Å². The van der Waals surface area contributed by atoms with Gasteiger partial charge in [0, 0.05) is 6.42 Å². The maximum atomic E-state index is 12.8. The third kappa shape index (κ3) is 8.83. The summed E-state index contributed by atoms with van der Waals surface area (Å²) in [6, 6.07) is 0. The minimum atomic E-state index is -3.11. The van der Waals surface area contributed by atoms with Crippen LogP contribution in [-0.2, 0) is 9.59 Å². The minimum absolute atomic E-state index is 0. The molecule has 8 heteroatoms. The van der Waals surface area contributed by atoms with Crippen molar-refractivity contribution >= 4 is 24.2 Å². The van der Waals surface area contributed by atoms with E-state index in [1.54, 1.807) is 0 Å². The highest BCUT2D eigenvalue weighted by atomic mass is 35.5. The molecule has 5 nitrogen and oxygen atoms in total. The van der Waals surface area contributed by atoms with Crippen LogP contribution in [0.25, 0.3) is 0 Å². The van der Waals surface area contributed by atoms with Crippen molar-refractivity contribution in [3.8, 4) is 0 Å². The highest BCUT2D eigenvalue weighted by molar-refractivity contribution is 5.85. The molecule has 0 bridgehead atoms. The van der Waals surface area contributed by atoms with E-state index >= 15 is 0 Å². The second kappa shape index (κ2) is 9.89. The summed E-state index contributed by atoms with van der Waals surface area (Å²) < 4.78 is 25.6. The van der Waals surface area contributed by atoms with E-state index < -0.39 is 24.9 Å². The van der Waals surface area contributed by atoms with Gasteiger partial charge in [0.05, 0.1) is 19.6 Å². The molecule has 0 aromatic rings. The molecule has 0 heterocycles. The summed E-state index contributed by atoms with van der Waals surface area (Å²) in [4.78, 5) is 22.8. The van der Waals surface area contributed by atoms with Crippen molar-refractivity contribution in [2.45, 2.75) is 44.4 Å². The Morgan fingerprint density at radius 2 is 1.76 bits per heavy atom. The molecule has 1 fully saturated rings. The van der Waals surface area contributed by atoms with E-state index in [0.29, 0.717) is 12.3 Å². The van der Waals surface area contributed by atoms with Gasteiger partial charge in [0.25, 0.3) is 5.92 Å². The summed E-state index contributed by atoms with van der Waals surface area (Å²) >= 11 is 0. The van der Waals surface area contributed by atoms with Crippen molar-refractivity contribution in [2.24, 2.45) is 11.7 Å². The molecule has 0 aromatic carbocycles. The lowest BCUT2D eigenvalue weighted by Gasteiger charge is -2.14. The van der Waals surface area contributed by atoms with Gasteiger partial charge in [0.2, 0.25) is 11.8 Å². The molecule has 1 saturated carbocycles. The van der Waals surface area contributed by atoms with Gasteiger partial charge in [0.1, 0.15) is 0 Å². The van der Waals surface area contributed by atoms with Crippen LogP contribution in [0.15, 0.2) is 0 Å². The molecule has 4 N–H and O–H groups in total. The molecule has 1 rings (SSSR count). The Morgan fingerprint density at radius 3 is 2.33 bits per heavy atom. The summed E-state index contributed by atoms with van der Waals surface area (Å²) in [5.41, 5.74) is 4.84. The number of amides is 2. The zero-order chi connectivity index (χ0) is 15.0. The van der Waals surface area contributed by atoms with Gasteiger partial charge in [-0.3, -0.25) is 9.59 Å². The second-order valence-electron chi connectivity index (χ2n) is 5.30. The predicted molar refractivity (Wildman–Crippen MR) is 78.5 cm³/mol. The van der Waals surface area contributed by atoms with Crippen molar-refractivity contribution in [1.82, 2.24) is 10.6 Å². The van der Waals surface area contributed by atoms with E-state index in [0.717, 1.165) is 6.42 Å². The Morgan fingerprint density at radius 1 is 1.14 bits per heavy atom. The van der Waals surface area contributed by atoms with Gasteiger partial charge in [-0.25, -0.2) is 8.78 Å². The molecule has 0 atom stereocenters. The van der Waals surface area contributed by atoms with Gasteiger partial charge in [0.15, 0.2) is 0 Å². The van der Waals surface area contributed by atoms with Crippen LogP contribution in [0, 0.1) is 5.92 Å². The second-order valence-corrected chi connectivity index (χ2v) is 5.30. The highest BCUT2D eigenvalue weighted by Crippen LogP contribution is 2.28. The average molecular weight is 328 g/mol. The van der Waals surface area contributed by atoms with E-state index in [-0.39, 0.29) is 24.9 Å². The fraction of sp³-hybridized carbons (Fsp3) is 0.846. The lowest BCUT2D eigenvalue weighted by Crippen LogP contribution is -2.45. The maximum Gasteiger partial charge on any atom is 0.277 e. The van der Waals surface area contributed by atoms with Crippen LogP contribution in [0.2, 0.25) is 0 Å². The Hall–Kier alpha value is -0.950. The van der Waals surface area contributed by atoms with Crippen molar-refractivity contribution in [3.63, 3.8) is 0 Å². The molecule has 0 radical (unpaired) electrons. The number of hydrogen-bond acceptors (Lipinski definition) is 3. The number of nitrogens with two attached hydrogens (primary N) is 1. The fourth-order valence-electron chi connectivity index (χ4n) is 2.26. The van der Waals surface area contributed by atoms with Gasteiger partial charge in [-0.2, -0.15) is 0 Å². The van der Waals surface area contributed by atoms with Crippen molar-refractivity contribution < 1.29 is 18.4 Å². The van der Waals surface area contributed by atoms with Gasteiger partial charge < -0.3 is 16.4 Å². The van der Waals surface area contributed by atoms with E-state index in [1.807, 2.05) is 5.32 Å². The summed E-state index contributed by atoms with van der Waals surface area (Å²) in [5, 5.41) is 4.48. The monoisotopic (exact) mass is 327 g/mol. The molecule has 124 valence electrons. The molecule has 0 unspecified atom stereocenters. The van der Waals surface area contributed by atoms with Crippen molar-refractivity contribution in [2.75, 3.05) is 19.6 Å². The first-order valence-electron chi connectivity index (χ1n) is 7.04. The van der Waals surface area contributed by atoms with E-state index in [4.69, 9.17) is 5.73 Å². The summed E-state index contributed by atoms with van der Waals surface area (Å²) in [7, 11) is 0. The first-order valence-corrected chi connectivity index (χ1v) is 7.04. The smallest absolute Gasteiger partial charge is 0.277 e. The Labute approximate surface area is 129 Å². The van der Waals surface area contributed by atoms with Gasteiger partial charge >= 0.3 is 0 Å². The number of carbonyl (C=O) groups excluding carboxylic acids is 2. The number of nitrogens with one attached hydrogen (secondary N) is 2. The zero-order valence-corrected chi connectivity index (χ0v) is 12.8. The number of rotatable bonds is 8. The summed E-state index contributed by atoms with van der Waals surface area (Å²) in [6.07, 6.45) is 6.01. The number of carbonyl (C=O) groups is 2. The first-order chi connectivity index (χ1) is 9.43. The molecule has 1 aliphatic rings. The zero-order valence-electron chi connectivity index (χ0n) is 12.0. The summed E-state index contributed by atoms with van der Waals surface area (Å²) in [6.45, 7) is -1.90.